The van der Waals surface area contributed by atoms with Gasteiger partial charge < -0.3 is 14.2 Å². The van der Waals surface area contributed by atoms with Crippen LogP contribution in [0.5, 0.6) is 5.75 Å². The summed E-state index contributed by atoms with van der Waals surface area (Å²) in [4.78, 5) is 13.2. The molecule has 0 aliphatic carbocycles. The summed E-state index contributed by atoms with van der Waals surface area (Å²) in [6.07, 6.45) is 1.35. The molecule has 1 rings (SSSR count). The van der Waals surface area contributed by atoms with Gasteiger partial charge in [-0.1, -0.05) is 5.18 Å². The Kier molecular flexibility index (Phi) is 7.58. The zero-order valence-electron chi connectivity index (χ0n) is 9.88. The van der Waals surface area contributed by atoms with Crippen LogP contribution in [0.25, 0.3) is 0 Å². The van der Waals surface area contributed by atoms with E-state index >= 15 is 0 Å². The van der Waals surface area contributed by atoms with Gasteiger partial charge in [0.2, 0.25) is 0 Å². The second-order valence-corrected chi connectivity index (χ2v) is 3.22. The zero-order chi connectivity index (χ0) is 13.1. The molecule has 6 nitrogen and oxygen atoms in total. The molecule has 0 N–H and O–H groups in total. The lowest BCUT2D eigenvalue weighted by molar-refractivity contribution is 0.0383. The molecule has 0 aliphatic heterocycles. The number of halogens is 1. The monoisotopic (exact) mass is 258 g/mol. The molecule has 0 saturated carbocycles. The number of aromatic nitrogens is 1. The van der Waals surface area contributed by atoms with Crippen molar-refractivity contribution in [3.8, 4) is 5.75 Å². The quantitative estimate of drug-likeness (QED) is 0.360. The minimum Gasteiger partial charge on any atom is -0.486 e. The number of hydrogen-bond donors (Lipinski definition) is 0. The van der Waals surface area contributed by atoms with Crippen LogP contribution in [0.3, 0.4) is 0 Å². The molecule has 0 amide bonds. The van der Waals surface area contributed by atoms with E-state index in [2.05, 4.69) is 10.2 Å². The molecule has 7 heteroatoms. The van der Waals surface area contributed by atoms with Crippen LogP contribution in [-0.2, 0) is 9.47 Å². The first-order valence-corrected chi connectivity index (χ1v) is 5.52. The highest BCUT2D eigenvalue weighted by molar-refractivity contribution is 5.17. The number of nitrogens with zero attached hydrogens (tertiary/aromatic N) is 2. The highest BCUT2D eigenvalue weighted by Gasteiger charge is 2.01. The predicted molar refractivity (Wildman–Crippen MR) is 62.0 cm³/mol. The molecule has 1 heterocycles. The van der Waals surface area contributed by atoms with E-state index in [0.29, 0.717) is 26.4 Å². The van der Waals surface area contributed by atoms with E-state index in [9.17, 15) is 9.30 Å². The van der Waals surface area contributed by atoms with Gasteiger partial charge in [0.25, 0.3) is 5.95 Å². The summed E-state index contributed by atoms with van der Waals surface area (Å²) in [6, 6.07) is 3.09. The fourth-order valence-electron chi connectivity index (χ4n) is 1.11. The van der Waals surface area contributed by atoms with Gasteiger partial charge in [-0.05, 0) is 12.1 Å². The van der Waals surface area contributed by atoms with Gasteiger partial charge in [0.1, 0.15) is 13.2 Å². The van der Waals surface area contributed by atoms with E-state index in [1.54, 1.807) is 6.07 Å². The van der Waals surface area contributed by atoms with Gasteiger partial charge in [-0.15, -0.1) is 0 Å². The molecule has 0 bridgehead atoms. The molecular formula is C11H15FN2O4. The van der Waals surface area contributed by atoms with Gasteiger partial charge in [-0.2, -0.15) is 9.30 Å². The minimum atomic E-state index is -0.637. The lowest BCUT2D eigenvalue weighted by Crippen LogP contribution is -2.12. The van der Waals surface area contributed by atoms with Crippen molar-refractivity contribution in [1.82, 2.24) is 4.98 Å². The van der Waals surface area contributed by atoms with Gasteiger partial charge in [-0.25, -0.2) is 4.98 Å². The molecule has 0 fully saturated rings. The first kappa shape index (κ1) is 14.5. The smallest absolute Gasteiger partial charge is 0.255 e. The molecule has 0 unspecified atom stereocenters. The van der Waals surface area contributed by atoms with Gasteiger partial charge in [0, 0.05) is 6.20 Å². The highest BCUT2D eigenvalue weighted by Crippen LogP contribution is 2.12. The van der Waals surface area contributed by atoms with Gasteiger partial charge in [0.05, 0.1) is 26.4 Å². The van der Waals surface area contributed by atoms with Crippen molar-refractivity contribution in [2.24, 2.45) is 5.18 Å². The zero-order valence-corrected chi connectivity index (χ0v) is 9.88. The summed E-state index contributed by atoms with van der Waals surface area (Å²) < 4.78 is 28.3. The highest BCUT2D eigenvalue weighted by atomic mass is 19.1. The van der Waals surface area contributed by atoms with E-state index < -0.39 is 5.95 Å². The first-order chi connectivity index (χ1) is 8.84. The molecule has 1 aromatic heterocycles. The molecule has 0 spiro atoms. The molecule has 0 aliphatic rings. The maximum atomic E-state index is 13.0. The molecule has 0 radical (unpaired) electrons. The van der Waals surface area contributed by atoms with Crippen LogP contribution in [0.15, 0.2) is 23.5 Å². The van der Waals surface area contributed by atoms with Gasteiger partial charge >= 0.3 is 0 Å². The van der Waals surface area contributed by atoms with Crippen LogP contribution >= 0.6 is 0 Å². The predicted octanol–water partition coefficient (Wildman–Crippen LogP) is 1.40. The lowest BCUT2D eigenvalue weighted by atomic mass is 10.4. The van der Waals surface area contributed by atoms with Gasteiger partial charge in [-0.3, -0.25) is 0 Å². The molecule has 0 aromatic carbocycles. The minimum absolute atomic E-state index is 0.106. The fraction of sp³-hybridized carbons (Fsp3) is 0.545. The van der Waals surface area contributed by atoms with Gasteiger partial charge in [0.15, 0.2) is 5.75 Å². The summed E-state index contributed by atoms with van der Waals surface area (Å²) in [7, 11) is 0. The van der Waals surface area contributed by atoms with Crippen LogP contribution in [0, 0.1) is 10.9 Å². The molecule has 18 heavy (non-hydrogen) atoms. The molecule has 0 saturated heterocycles. The first-order valence-electron chi connectivity index (χ1n) is 5.52. The average molecular weight is 258 g/mol. The second-order valence-electron chi connectivity index (χ2n) is 3.22. The van der Waals surface area contributed by atoms with Crippen molar-refractivity contribution in [2.75, 3.05) is 39.6 Å². The van der Waals surface area contributed by atoms with Crippen LogP contribution in [0.2, 0.25) is 0 Å². The Balaban J connectivity index is 1.96. The normalized spacial score (nSPS) is 10.3. The molecule has 100 valence electrons. The summed E-state index contributed by atoms with van der Waals surface area (Å²) in [6.45, 7) is 1.77. The Labute approximate surface area is 104 Å². The Morgan fingerprint density at radius 1 is 1.17 bits per heavy atom. The number of hydrogen-bond acceptors (Lipinski definition) is 6. The van der Waals surface area contributed by atoms with Crippen LogP contribution in [-0.4, -0.2) is 44.6 Å². The van der Waals surface area contributed by atoms with Crippen LogP contribution < -0.4 is 4.74 Å². The van der Waals surface area contributed by atoms with Crippen molar-refractivity contribution in [1.29, 1.82) is 0 Å². The van der Waals surface area contributed by atoms with Crippen molar-refractivity contribution < 1.29 is 18.6 Å². The van der Waals surface area contributed by atoms with Crippen LogP contribution in [0.1, 0.15) is 0 Å². The van der Waals surface area contributed by atoms with E-state index in [0.717, 1.165) is 0 Å². The van der Waals surface area contributed by atoms with Crippen LogP contribution in [0.4, 0.5) is 4.39 Å². The van der Waals surface area contributed by atoms with E-state index in [4.69, 9.17) is 14.2 Å². The fourth-order valence-corrected chi connectivity index (χ4v) is 1.11. The SMILES string of the molecule is O=NCCOCCOCCOc1cccnc1F. The number of nitroso groups, excluding NO2 is 1. The Hall–Kier alpha value is -1.60. The standard InChI is InChI=1S/C11H15FN2O4/c12-11-10(2-1-3-13-11)18-9-8-17-7-6-16-5-4-14-15/h1-3H,4-9H2. The Morgan fingerprint density at radius 3 is 2.61 bits per heavy atom. The Morgan fingerprint density at radius 2 is 1.89 bits per heavy atom. The maximum Gasteiger partial charge on any atom is 0.255 e. The number of ether oxygens (including phenoxy) is 3. The van der Waals surface area contributed by atoms with Crippen molar-refractivity contribution in [3.63, 3.8) is 0 Å². The van der Waals surface area contributed by atoms with E-state index in [-0.39, 0.29) is 18.9 Å². The third-order valence-corrected chi connectivity index (χ3v) is 1.91. The molecular weight excluding hydrogens is 243 g/mol. The van der Waals surface area contributed by atoms with Crippen molar-refractivity contribution >= 4 is 0 Å². The third-order valence-electron chi connectivity index (χ3n) is 1.91. The lowest BCUT2D eigenvalue weighted by Gasteiger charge is -2.07. The number of rotatable bonds is 10. The average Bonchev–Trinajstić information content (AvgIpc) is 2.39. The van der Waals surface area contributed by atoms with E-state index in [1.165, 1.54) is 12.3 Å². The molecule has 0 atom stereocenters. The topological polar surface area (TPSA) is 70.0 Å². The summed E-state index contributed by atoms with van der Waals surface area (Å²) in [5.74, 6) is -0.531. The Bertz CT molecular complexity index is 352. The number of pyridine rings is 1. The summed E-state index contributed by atoms with van der Waals surface area (Å²) in [5.41, 5.74) is 0. The summed E-state index contributed by atoms with van der Waals surface area (Å²) >= 11 is 0. The third kappa shape index (κ3) is 6.21. The molecule has 1 aromatic rings. The van der Waals surface area contributed by atoms with Crippen molar-refractivity contribution in [3.05, 3.63) is 29.2 Å². The van der Waals surface area contributed by atoms with Crippen molar-refractivity contribution in [2.45, 2.75) is 0 Å². The van der Waals surface area contributed by atoms with E-state index in [1.807, 2.05) is 0 Å². The largest absolute Gasteiger partial charge is 0.486 e. The second kappa shape index (κ2) is 9.43. The maximum absolute atomic E-state index is 13.0. The summed E-state index contributed by atoms with van der Waals surface area (Å²) in [5, 5.41) is 2.65.